The molecule has 0 aliphatic carbocycles. The summed E-state index contributed by atoms with van der Waals surface area (Å²) < 4.78 is 59.9. The van der Waals surface area contributed by atoms with Gasteiger partial charge in [-0.25, -0.2) is 22.4 Å². The van der Waals surface area contributed by atoms with Crippen molar-refractivity contribution in [1.82, 2.24) is 4.90 Å². The Morgan fingerprint density at radius 3 is 2.25 bits per heavy atom. The molecule has 1 aliphatic rings. The van der Waals surface area contributed by atoms with Crippen LogP contribution in [-0.2, 0) is 4.74 Å². The number of likely N-dealkylation sites (tertiary alicyclic amines) is 1. The number of carbonyl (C=O) groups excluding carboxylic acids is 1. The van der Waals surface area contributed by atoms with Crippen LogP contribution < -0.4 is 0 Å². The third kappa shape index (κ3) is 3.63. The second-order valence-corrected chi connectivity index (χ2v) is 6.78. The summed E-state index contributed by atoms with van der Waals surface area (Å²) in [4.78, 5) is 13.3. The van der Waals surface area contributed by atoms with Crippen molar-refractivity contribution in [3.63, 3.8) is 0 Å². The average Bonchev–Trinajstić information content (AvgIpc) is 2.88. The highest BCUT2D eigenvalue weighted by molar-refractivity contribution is 5.69. The quantitative estimate of drug-likeness (QED) is 0.658. The molecule has 1 heterocycles. The maximum Gasteiger partial charge on any atom is 0.410 e. The summed E-state index contributed by atoms with van der Waals surface area (Å²) in [7, 11) is 0. The molecular formula is C16H19F4NO3. The van der Waals surface area contributed by atoms with Gasteiger partial charge in [-0.1, -0.05) is 0 Å². The fourth-order valence-electron chi connectivity index (χ4n) is 2.79. The van der Waals surface area contributed by atoms with Crippen molar-refractivity contribution in [3.05, 3.63) is 34.9 Å². The lowest BCUT2D eigenvalue weighted by atomic mass is 9.95. The molecule has 0 radical (unpaired) electrons. The van der Waals surface area contributed by atoms with E-state index in [-0.39, 0.29) is 19.0 Å². The van der Waals surface area contributed by atoms with E-state index in [4.69, 9.17) is 4.74 Å². The van der Waals surface area contributed by atoms with Gasteiger partial charge in [0.25, 0.3) is 0 Å². The molecule has 1 aromatic carbocycles. The Labute approximate surface area is 137 Å². The molecule has 0 bridgehead atoms. The largest absolute Gasteiger partial charge is 0.444 e. The second kappa shape index (κ2) is 6.58. The average molecular weight is 349 g/mol. The molecule has 1 saturated heterocycles. The molecular weight excluding hydrogens is 330 g/mol. The van der Waals surface area contributed by atoms with Gasteiger partial charge in [-0.3, -0.25) is 0 Å². The monoisotopic (exact) mass is 349 g/mol. The van der Waals surface area contributed by atoms with Crippen molar-refractivity contribution in [2.75, 3.05) is 13.2 Å². The van der Waals surface area contributed by atoms with Gasteiger partial charge in [0.15, 0.2) is 23.3 Å². The first-order valence-corrected chi connectivity index (χ1v) is 7.48. The van der Waals surface area contributed by atoms with E-state index >= 15 is 0 Å². The smallest absolute Gasteiger partial charge is 0.410 e. The van der Waals surface area contributed by atoms with Crippen LogP contribution >= 0.6 is 0 Å². The van der Waals surface area contributed by atoms with Gasteiger partial charge in [0.05, 0.1) is 12.6 Å². The lowest BCUT2D eigenvalue weighted by molar-refractivity contribution is 0.0174. The van der Waals surface area contributed by atoms with E-state index in [1.54, 1.807) is 20.8 Å². The van der Waals surface area contributed by atoms with Crippen molar-refractivity contribution < 1.29 is 32.2 Å². The van der Waals surface area contributed by atoms with E-state index in [9.17, 15) is 27.5 Å². The number of halogens is 4. The molecule has 2 atom stereocenters. The van der Waals surface area contributed by atoms with Crippen molar-refractivity contribution in [2.45, 2.75) is 44.8 Å². The van der Waals surface area contributed by atoms with E-state index in [1.807, 2.05) is 0 Å². The van der Waals surface area contributed by atoms with Crippen LogP contribution in [0, 0.1) is 23.3 Å². The van der Waals surface area contributed by atoms with Crippen LogP contribution in [0.2, 0.25) is 0 Å². The number of ether oxygens (including phenoxy) is 1. The lowest BCUT2D eigenvalue weighted by Gasteiger charge is -2.27. The van der Waals surface area contributed by atoms with Crippen molar-refractivity contribution in [3.8, 4) is 0 Å². The Hall–Kier alpha value is -1.83. The zero-order chi connectivity index (χ0) is 18.2. The van der Waals surface area contributed by atoms with Crippen LogP contribution in [0.25, 0.3) is 0 Å². The van der Waals surface area contributed by atoms with Gasteiger partial charge in [-0.15, -0.1) is 0 Å². The SMILES string of the molecule is CC(C)(C)OC(=O)N1C[C@@H](c2c(F)c(F)cc(F)c2F)CC1CO. The van der Waals surface area contributed by atoms with Gasteiger partial charge in [-0.2, -0.15) is 0 Å². The van der Waals surface area contributed by atoms with Gasteiger partial charge >= 0.3 is 6.09 Å². The molecule has 1 aliphatic heterocycles. The van der Waals surface area contributed by atoms with E-state index < -0.39 is 59.1 Å². The highest BCUT2D eigenvalue weighted by Gasteiger charge is 2.40. The predicted molar refractivity (Wildman–Crippen MR) is 77.4 cm³/mol. The minimum Gasteiger partial charge on any atom is -0.444 e. The van der Waals surface area contributed by atoms with Crippen LogP contribution in [-0.4, -0.2) is 40.9 Å². The van der Waals surface area contributed by atoms with Crippen LogP contribution in [0.3, 0.4) is 0 Å². The molecule has 134 valence electrons. The first-order chi connectivity index (χ1) is 11.0. The Kier molecular flexibility index (Phi) is 5.08. The van der Waals surface area contributed by atoms with Gasteiger partial charge in [0.1, 0.15) is 5.60 Å². The highest BCUT2D eigenvalue weighted by atomic mass is 19.2. The van der Waals surface area contributed by atoms with Gasteiger partial charge in [-0.05, 0) is 27.2 Å². The van der Waals surface area contributed by atoms with Gasteiger partial charge < -0.3 is 14.7 Å². The number of aliphatic hydroxyl groups excluding tert-OH is 1. The number of nitrogens with zero attached hydrogens (tertiary/aromatic N) is 1. The lowest BCUT2D eigenvalue weighted by Crippen LogP contribution is -2.41. The first kappa shape index (κ1) is 18.5. The Bertz CT molecular complexity index is 619. The number of carbonyl (C=O) groups is 1. The molecule has 0 aromatic heterocycles. The molecule has 1 unspecified atom stereocenters. The van der Waals surface area contributed by atoms with Crippen LogP contribution in [0.15, 0.2) is 6.07 Å². The summed E-state index contributed by atoms with van der Waals surface area (Å²) in [6.07, 6.45) is -0.798. The summed E-state index contributed by atoms with van der Waals surface area (Å²) in [5.41, 5.74) is -1.55. The Morgan fingerprint density at radius 1 is 1.25 bits per heavy atom. The zero-order valence-electron chi connectivity index (χ0n) is 13.6. The molecule has 1 N–H and O–H groups in total. The number of hydrogen-bond donors (Lipinski definition) is 1. The molecule has 1 amide bonds. The van der Waals surface area contributed by atoms with Crippen molar-refractivity contribution in [2.24, 2.45) is 0 Å². The molecule has 0 saturated carbocycles. The summed E-state index contributed by atoms with van der Waals surface area (Å²) in [5.74, 6) is -6.96. The predicted octanol–water partition coefficient (Wildman–Crippen LogP) is 3.33. The number of benzene rings is 1. The zero-order valence-corrected chi connectivity index (χ0v) is 13.6. The molecule has 1 fully saturated rings. The molecule has 8 heteroatoms. The third-order valence-corrected chi connectivity index (χ3v) is 3.81. The van der Waals surface area contributed by atoms with E-state index in [0.717, 1.165) is 4.90 Å². The fraction of sp³-hybridized carbons (Fsp3) is 0.562. The molecule has 2 rings (SSSR count). The van der Waals surface area contributed by atoms with Gasteiger partial charge in [0.2, 0.25) is 0 Å². The maximum absolute atomic E-state index is 13.9. The highest BCUT2D eigenvalue weighted by Crippen LogP contribution is 2.36. The summed E-state index contributed by atoms with van der Waals surface area (Å²) >= 11 is 0. The molecule has 24 heavy (non-hydrogen) atoms. The van der Waals surface area contributed by atoms with Crippen LogP contribution in [0.5, 0.6) is 0 Å². The number of aliphatic hydroxyl groups is 1. The molecule has 0 spiro atoms. The normalized spacial score (nSPS) is 21.2. The standard InChI is InChI=1S/C16H19F4NO3/c1-16(2,3)24-15(23)21-6-8(4-9(21)7-22)12-13(19)10(17)5-11(18)14(12)20/h5,8-9,22H,4,6-7H2,1-3H3/t8-,9?/m0/s1. The maximum atomic E-state index is 13.9. The number of amides is 1. The minimum absolute atomic E-state index is 0.0352. The fourth-order valence-corrected chi connectivity index (χ4v) is 2.79. The summed E-state index contributed by atoms with van der Waals surface area (Å²) in [6.45, 7) is 4.27. The number of rotatable bonds is 2. The molecule has 1 aromatic rings. The minimum atomic E-state index is -1.50. The second-order valence-electron chi connectivity index (χ2n) is 6.78. The molecule has 4 nitrogen and oxygen atoms in total. The summed E-state index contributed by atoms with van der Waals surface area (Å²) in [5, 5.41) is 9.41. The Balaban J connectivity index is 2.31. The van der Waals surface area contributed by atoms with E-state index in [1.165, 1.54) is 0 Å². The number of hydrogen-bond acceptors (Lipinski definition) is 3. The third-order valence-electron chi connectivity index (χ3n) is 3.81. The topological polar surface area (TPSA) is 49.8 Å². The van der Waals surface area contributed by atoms with Crippen LogP contribution in [0.1, 0.15) is 38.7 Å². The van der Waals surface area contributed by atoms with Gasteiger partial charge in [0, 0.05) is 24.1 Å². The first-order valence-electron chi connectivity index (χ1n) is 7.48. The van der Waals surface area contributed by atoms with Crippen molar-refractivity contribution in [1.29, 1.82) is 0 Å². The Morgan fingerprint density at radius 2 is 1.79 bits per heavy atom. The summed E-state index contributed by atoms with van der Waals surface area (Å²) in [6, 6.07) is -0.617. The van der Waals surface area contributed by atoms with E-state index in [0.29, 0.717) is 0 Å². The van der Waals surface area contributed by atoms with Crippen molar-refractivity contribution >= 4 is 6.09 Å². The van der Waals surface area contributed by atoms with Crippen LogP contribution in [0.4, 0.5) is 22.4 Å². The van der Waals surface area contributed by atoms with E-state index in [2.05, 4.69) is 0 Å².